The summed E-state index contributed by atoms with van der Waals surface area (Å²) in [6, 6.07) is 15.6. The number of halogens is 1. The van der Waals surface area contributed by atoms with Crippen LogP contribution in [0.2, 0.25) is 5.02 Å². The van der Waals surface area contributed by atoms with E-state index in [1.165, 1.54) is 5.56 Å². The van der Waals surface area contributed by atoms with Crippen molar-refractivity contribution in [2.24, 2.45) is 0 Å². The molecule has 4 aromatic rings. The number of carbonyl (C=O) groups excluding carboxylic acids is 1. The fourth-order valence-electron chi connectivity index (χ4n) is 3.27. The largest absolute Gasteiger partial charge is 0.451 e. The highest BCUT2D eigenvalue weighted by Crippen LogP contribution is 2.27. The van der Waals surface area contributed by atoms with Crippen LogP contribution in [0, 0.1) is 6.92 Å². The standard InChI is InChI=1S/C22H20ClN3O2/c1-15-18-13-17(23)7-8-19(18)28-21(15)22(27)25-10-9-20-24-11-12-26(20)14-16-5-3-2-4-6-16/h2-8,11-13H,9-10,14H2,1H3,(H,25,27). The Labute approximate surface area is 167 Å². The third-order valence-corrected chi connectivity index (χ3v) is 4.97. The molecule has 2 aromatic heterocycles. The van der Waals surface area contributed by atoms with Crippen molar-refractivity contribution in [1.29, 1.82) is 0 Å². The van der Waals surface area contributed by atoms with Crippen LogP contribution in [0.5, 0.6) is 0 Å². The molecule has 0 atom stereocenters. The maximum absolute atomic E-state index is 12.6. The molecule has 0 unspecified atom stereocenters. The van der Waals surface area contributed by atoms with Gasteiger partial charge in [0.15, 0.2) is 5.76 Å². The maximum Gasteiger partial charge on any atom is 0.287 e. The number of amides is 1. The van der Waals surface area contributed by atoms with Gasteiger partial charge in [-0.25, -0.2) is 4.98 Å². The van der Waals surface area contributed by atoms with Crippen LogP contribution in [-0.2, 0) is 13.0 Å². The van der Waals surface area contributed by atoms with Crippen molar-refractivity contribution >= 4 is 28.5 Å². The van der Waals surface area contributed by atoms with Crippen molar-refractivity contribution in [2.45, 2.75) is 19.9 Å². The highest BCUT2D eigenvalue weighted by atomic mass is 35.5. The molecule has 0 aliphatic rings. The number of fused-ring (bicyclic) bond motifs is 1. The molecule has 2 heterocycles. The monoisotopic (exact) mass is 393 g/mol. The van der Waals surface area contributed by atoms with E-state index in [0.29, 0.717) is 29.3 Å². The first-order valence-electron chi connectivity index (χ1n) is 9.12. The molecule has 0 aliphatic heterocycles. The van der Waals surface area contributed by atoms with Crippen LogP contribution < -0.4 is 5.32 Å². The molecule has 0 spiro atoms. The molecule has 1 amide bonds. The molecular weight excluding hydrogens is 374 g/mol. The highest BCUT2D eigenvalue weighted by Gasteiger charge is 2.17. The summed E-state index contributed by atoms with van der Waals surface area (Å²) in [5.41, 5.74) is 2.66. The maximum atomic E-state index is 12.6. The van der Waals surface area contributed by atoms with Gasteiger partial charge in [0.1, 0.15) is 11.4 Å². The van der Waals surface area contributed by atoms with Gasteiger partial charge in [-0.15, -0.1) is 0 Å². The Kier molecular flexibility index (Phi) is 5.17. The first-order valence-corrected chi connectivity index (χ1v) is 9.50. The van der Waals surface area contributed by atoms with Gasteiger partial charge in [0.05, 0.1) is 0 Å². The van der Waals surface area contributed by atoms with Gasteiger partial charge in [-0.1, -0.05) is 41.9 Å². The summed E-state index contributed by atoms with van der Waals surface area (Å²) in [7, 11) is 0. The zero-order valence-corrected chi connectivity index (χ0v) is 16.2. The van der Waals surface area contributed by atoms with Crippen LogP contribution in [0.4, 0.5) is 0 Å². The van der Waals surface area contributed by atoms with Crippen LogP contribution in [-0.4, -0.2) is 22.0 Å². The Hall–Kier alpha value is -3.05. The number of aryl methyl sites for hydroxylation is 1. The molecule has 4 rings (SSSR count). The average Bonchev–Trinajstić information content (AvgIpc) is 3.27. The van der Waals surface area contributed by atoms with Gasteiger partial charge in [-0.2, -0.15) is 0 Å². The zero-order valence-electron chi connectivity index (χ0n) is 15.5. The average molecular weight is 394 g/mol. The molecule has 0 aliphatic carbocycles. The second-order valence-corrected chi connectivity index (χ2v) is 7.10. The van der Waals surface area contributed by atoms with E-state index in [1.54, 1.807) is 18.3 Å². The SMILES string of the molecule is Cc1c(C(=O)NCCc2nccn2Cc2ccccc2)oc2ccc(Cl)cc12. The Morgan fingerprint density at radius 3 is 2.86 bits per heavy atom. The number of nitrogens with one attached hydrogen (secondary N) is 1. The fourth-order valence-corrected chi connectivity index (χ4v) is 3.44. The van der Waals surface area contributed by atoms with Crippen LogP contribution in [0.15, 0.2) is 65.3 Å². The van der Waals surface area contributed by atoms with Crippen molar-refractivity contribution in [1.82, 2.24) is 14.9 Å². The zero-order chi connectivity index (χ0) is 19.5. The van der Waals surface area contributed by atoms with Gasteiger partial charge in [0.2, 0.25) is 0 Å². The minimum Gasteiger partial charge on any atom is -0.451 e. The number of nitrogens with zero attached hydrogens (tertiary/aromatic N) is 2. The lowest BCUT2D eigenvalue weighted by atomic mass is 10.1. The number of furan rings is 1. The molecule has 0 bridgehead atoms. The lowest BCUT2D eigenvalue weighted by Gasteiger charge is -2.08. The molecule has 0 saturated heterocycles. The quantitative estimate of drug-likeness (QED) is 0.520. The molecule has 5 nitrogen and oxygen atoms in total. The summed E-state index contributed by atoms with van der Waals surface area (Å²) in [6.07, 6.45) is 4.38. The normalized spacial score (nSPS) is 11.1. The molecule has 6 heteroatoms. The lowest BCUT2D eigenvalue weighted by molar-refractivity contribution is 0.0927. The third-order valence-electron chi connectivity index (χ3n) is 4.74. The van der Waals surface area contributed by atoms with Crippen molar-refractivity contribution in [3.8, 4) is 0 Å². The molecule has 2 aromatic carbocycles. The van der Waals surface area contributed by atoms with Crippen molar-refractivity contribution in [2.75, 3.05) is 6.54 Å². The Morgan fingerprint density at radius 2 is 2.04 bits per heavy atom. The number of carbonyl (C=O) groups is 1. The van der Waals surface area contributed by atoms with Crippen LogP contribution >= 0.6 is 11.6 Å². The highest BCUT2D eigenvalue weighted by molar-refractivity contribution is 6.31. The summed E-state index contributed by atoms with van der Waals surface area (Å²) in [4.78, 5) is 17.0. The summed E-state index contributed by atoms with van der Waals surface area (Å²) >= 11 is 6.04. The number of benzene rings is 2. The first kappa shape index (κ1) is 18.3. The number of rotatable bonds is 6. The van der Waals surface area contributed by atoms with E-state index in [9.17, 15) is 4.79 Å². The van der Waals surface area contributed by atoms with Gasteiger partial charge < -0.3 is 14.3 Å². The van der Waals surface area contributed by atoms with Gasteiger partial charge in [0, 0.05) is 47.9 Å². The van der Waals surface area contributed by atoms with Crippen molar-refractivity contribution in [3.63, 3.8) is 0 Å². The van der Waals surface area contributed by atoms with E-state index in [-0.39, 0.29) is 5.91 Å². The second kappa shape index (κ2) is 7.90. The van der Waals surface area contributed by atoms with Gasteiger partial charge in [-0.3, -0.25) is 4.79 Å². The number of hydrogen-bond acceptors (Lipinski definition) is 3. The fraction of sp³-hybridized carbons (Fsp3) is 0.182. The Morgan fingerprint density at radius 1 is 1.21 bits per heavy atom. The third kappa shape index (κ3) is 3.80. The van der Waals surface area contributed by atoms with E-state index in [2.05, 4.69) is 27.0 Å². The molecule has 0 radical (unpaired) electrons. The van der Waals surface area contributed by atoms with Crippen molar-refractivity contribution < 1.29 is 9.21 Å². The van der Waals surface area contributed by atoms with Crippen LogP contribution in [0.1, 0.15) is 27.5 Å². The van der Waals surface area contributed by atoms with E-state index >= 15 is 0 Å². The van der Waals surface area contributed by atoms with E-state index < -0.39 is 0 Å². The minimum atomic E-state index is -0.231. The molecule has 0 fully saturated rings. The van der Waals surface area contributed by atoms with Crippen LogP contribution in [0.3, 0.4) is 0 Å². The van der Waals surface area contributed by atoms with Crippen LogP contribution in [0.25, 0.3) is 11.0 Å². The lowest BCUT2D eigenvalue weighted by Crippen LogP contribution is -2.26. The first-order chi connectivity index (χ1) is 13.6. The molecular formula is C22H20ClN3O2. The smallest absolute Gasteiger partial charge is 0.287 e. The van der Waals surface area contributed by atoms with Gasteiger partial charge in [-0.05, 0) is 30.7 Å². The molecule has 1 N–H and O–H groups in total. The van der Waals surface area contributed by atoms with E-state index in [4.69, 9.17) is 16.0 Å². The minimum absolute atomic E-state index is 0.231. The van der Waals surface area contributed by atoms with Gasteiger partial charge in [0.25, 0.3) is 5.91 Å². The number of aromatic nitrogens is 2. The molecule has 28 heavy (non-hydrogen) atoms. The topological polar surface area (TPSA) is 60.1 Å². The predicted molar refractivity (Wildman–Crippen MR) is 110 cm³/mol. The summed E-state index contributed by atoms with van der Waals surface area (Å²) < 4.78 is 7.81. The molecule has 142 valence electrons. The summed E-state index contributed by atoms with van der Waals surface area (Å²) in [5, 5.41) is 4.40. The van der Waals surface area contributed by atoms with E-state index in [1.807, 2.05) is 37.4 Å². The second-order valence-electron chi connectivity index (χ2n) is 6.66. The van der Waals surface area contributed by atoms with Crippen molar-refractivity contribution in [3.05, 3.63) is 88.7 Å². The van der Waals surface area contributed by atoms with E-state index in [0.717, 1.165) is 23.3 Å². The predicted octanol–water partition coefficient (Wildman–Crippen LogP) is 4.61. The Balaban J connectivity index is 1.40. The summed E-state index contributed by atoms with van der Waals surface area (Å²) in [5.74, 6) is 1.02. The number of hydrogen-bond donors (Lipinski definition) is 1. The van der Waals surface area contributed by atoms with Gasteiger partial charge >= 0.3 is 0 Å². The Bertz CT molecular complexity index is 1120. The number of imidazole rings is 1. The summed E-state index contributed by atoms with van der Waals surface area (Å²) in [6.45, 7) is 3.10. The molecule has 0 saturated carbocycles.